The minimum atomic E-state index is -1.15. The second-order valence-electron chi connectivity index (χ2n) is 5.35. The number of halogens is 2. The van der Waals surface area contributed by atoms with Crippen molar-refractivity contribution in [2.75, 3.05) is 0 Å². The molecule has 0 aromatic heterocycles. The second kappa shape index (κ2) is 6.93. The Labute approximate surface area is 127 Å². The quantitative estimate of drug-likeness (QED) is 0.841. The number of nitrogens with one attached hydrogen (secondary N) is 1. The largest absolute Gasteiger partial charge is 0.392 e. The minimum absolute atomic E-state index is 0.164. The Bertz CT molecular complexity index is 544. The van der Waals surface area contributed by atoms with Crippen molar-refractivity contribution in [2.45, 2.75) is 38.1 Å². The average Bonchev–Trinajstić information content (AvgIpc) is 2.48. The Morgan fingerprint density at radius 1 is 1.29 bits per heavy atom. The lowest BCUT2D eigenvalue weighted by Gasteiger charge is -2.30. The topological polar surface area (TPSA) is 55.1 Å². The van der Waals surface area contributed by atoms with E-state index in [4.69, 9.17) is 18.0 Å². The van der Waals surface area contributed by atoms with Gasteiger partial charge in [0.2, 0.25) is 0 Å². The monoisotopic (exact) mass is 312 g/mol. The lowest BCUT2D eigenvalue weighted by atomic mass is 9.83. The number of rotatable bonds is 4. The molecule has 2 rings (SSSR count). The molecule has 0 spiro atoms. The number of amides is 1. The summed E-state index contributed by atoms with van der Waals surface area (Å²) < 4.78 is 26.8. The van der Waals surface area contributed by atoms with Gasteiger partial charge in [0, 0.05) is 0 Å². The summed E-state index contributed by atoms with van der Waals surface area (Å²) in [6, 6.07) is 3.03. The van der Waals surface area contributed by atoms with Crippen molar-refractivity contribution in [2.24, 2.45) is 11.7 Å². The van der Waals surface area contributed by atoms with Crippen LogP contribution < -0.4 is 11.1 Å². The highest BCUT2D eigenvalue weighted by Crippen LogP contribution is 2.27. The first kappa shape index (κ1) is 15.8. The van der Waals surface area contributed by atoms with E-state index in [9.17, 15) is 13.6 Å². The first-order valence-electron chi connectivity index (χ1n) is 7.05. The summed E-state index contributed by atoms with van der Waals surface area (Å²) in [5, 5.41) is 2.66. The third-order valence-corrected chi connectivity index (χ3v) is 4.16. The number of carbonyl (C=O) groups excluding carboxylic acids is 1. The normalized spacial score (nSPS) is 17.2. The molecule has 0 saturated heterocycles. The maximum absolute atomic E-state index is 13.6. The summed E-state index contributed by atoms with van der Waals surface area (Å²) in [4.78, 5) is 12.3. The van der Waals surface area contributed by atoms with Crippen LogP contribution in [-0.4, -0.2) is 16.9 Å². The number of hydrogen-bond donors (Lipinski definition) is 2. The zero-order valence-corrected chi connectivity index (χ0v) is 12.4. The summed E-state index contributed by atoms with van der Waals surface area (Å²) in [7, 11) is 0. The van der Waals surface area contributed by atoms with E-state index in [1.807, 2.05) is 0 Å². The summed E-state index contributed by atoms with van der Waals surface area (Å²) in [5.41, 5.74) is 5.38. The molecule has 3 nitrogen and oxygen atoms in total. The van der Waals surface area contributed by atoms with Crippen LogP contribution in [0, 0.1) is 17.6 Å². The van der Waals surface area contributed by atoms with Gasteiger partial charge in [-0.1, -0.05) is 37.5 Å². The van der Waals surface area contributed by atoms with Crippen molar-refractivity contribution in [1.29, 1.82) is 0 Å². The third-order valence-electron chi connectivity index (χ3n) is 3.91. The van der Waals surface area contributed by atoms with Crippen LogP contribution in [0.1, 0.15) is 42.5 Å². The maximum atomic E-state index is 13.6. The average molecular weight is 312 g/mol. The van der Waals surface area contributed by atoms with E-state index >= 15 is 0 Å². The molecule has 1 aromatic rings. The molecular weight excluding hydrogens is 294 g/mol. The van der Waals surface area contributed by atoms with Crippen molar-refractivity contribution in [3.63, 3.8) is 0 Å². The predicted octanol–water partition coefficient (Wildman–Crippen LogP) is 2.93. The fourth-order valence-corrected chi connectivity index (χ4v) is 3.04. The molecule has 1 amide bonds. The van der Waals surface area contributed by atoms with Crippen LogP contribution in [0.5, 0.6) is 0 Å². The highest BCUT2D eigenvalue weighted by molar-refractivity contribution is 7.80. The molecule has 0 radical (unpaired) electrons. The molecule has 6 heteroatoms. The van der Waals surface area contributed by atoms with Gasteiger partial charge in [0.1, 0.15) is 0 Å². The highest BCUT2D eigenvalue weighted by Gasteiger charge is 2.28. The van der Waals surface area contributed by atoms with E-state index in [0.29, 0.717) is 0 Å². The molecule has 1 unspecified atom stereocenters. The third kappa shape index (κ3) is 3.75. The van der Waals surface area contributed by atoms with Gasteiger partial charge in [-0.05, 0) is 30.9 Å². The summed E-state index contributed by atoms with van der Waals surface area (Å²) >= 11 is 5.02. The standard InChI is InChI=1S/C15H18F2N2OS/c16-11-8-4-7-10(12(11)17)15(20)19-13(14(18)21)9-5-2-1-3-6-9/h4,7-9,13H,1-3,5-6H2,(H2,18,21)(H,19,20). The van der Waals surface area contributed by atoms with Crippen molar-refractivity contribution in [1.82, 2.24) is 5.32 Å². The lowest BCUT2D eigenvalue weighted by molar-refractivity contribution is 0.0926. The zero-order chi connectivity index (χ0) is 15.4. The molecule has 0 heterocycles. The highest BCUT2D eigenvalue weighted by atomic mass is 32.1. The molecule has 0 aliphatic heterocycles. The molecule has 114 valence electrons. The van der Waals surface area contributed by atoms with Crippen LogP contribution in [-0.2, 0) is 0 Å². The van der Waals surface area contributed by atoms with Crippen LogP contribution in [0.15, 0.2) is 18.2 Å². The molecule has 1 saturated carbocycles. The molecule has 1 aliphatic rings. The summed E-state index contributed by atoms with van der Waals surface area (Å²) in [6.45, 7) is 0. The Kier molecular flexibility index (Phi) is 5.22. The van der Waals surface area contributed by atoms with Crippen molar-refractivity contribution >= 4 is 23.1 Å². The molecule has 21 heavy (non-hydrogen) atoms. The molecule has 1 aliphatic carbocycles. The smallest absolute Gasteiger partial charge is 0.254 e. The first-order chi connectivity index (χ1) is 10.0. The fraction of sp³-hybridized carbons (Fsp3) is 0.467. The molecular formula is C15H18F2N2OS. The Balaban J connectivity index is 2.14. The van der Waals surface area contributed by atoms with Gasteiger partial charge in [-0.15, -0.1) is 0 Å². The number of thiocarbonyl (C=S) groups is 1. The number of hydrogen-bond acceptors (Lipinski definition) is 2. The number of carbonyl (C=O) groups is 1. The Hall–Kier alpha value is -1.56. The summed E-state index contributed by atoms with van der Waals surface area (Å²) in [5.74, 6) is -2.72. The van der Waals surface area contributed by atoms with Crippen LogP contribution in [0.2, 0.25) is 0 Å². The molecule has 0 bridgehead atoms. The predicted molar refractivity (Wildman–Crippen MR) is 81.0 cm³/mol. The van der Waals surface area contributed by atoms with Crippen LogP contribution in [0.3, 0.4) is 0 Å². The zero-order valence-electron chi connectivity index (χ0n) is 11.6. The molecule has 1 fully saturated rings. The lowest BCUT2D eigenvalue weighted by Crippen LogP contribution is -2.49. The molecule has 3 N–H and O–H groups in total. The van der Waals surface area contributed by atoms with Gasteiger partial charge in [-0.25, -0.2) is 8.78 Å². The van der Waals surface area contributed by atoms with Crippen LogP contribution >= 0.6 is 12.2 Å². The van der Waals surface area contributed by atoms with Gasteiger partial charge >= 0.3 is 0 Å². The van der Waals surface area contributed by atoms with Gasteiger partial charge in [-0.2, -0.15) is 0 Å². The van der Waals surface area contributed by atoms with E-state index in [1.54, 1.807) is 0 Å². The maximum Gasteiger partial charge on any atom is 0.254 e. The molecule has 1 aromatic carbocycles. The molecule has 1 atom stereocenters. The van der Waals surface area contributed by atoms with Crippen LogP contribution in [0.4, 0.5) is 8.78 Å². The van der Waals surface area contributed by atoms with Crippen molar-refractivity contribution in [3.05, 3.63) is 35.4 Å². The number of benzene rings is 1. The van der Waals surface area contributed by atoms with E-state index in [-0.39, 0.29) is 16.5 Å². The van der Waals surface area contributed by atoms with Crippen molar-refractivity contribution in [3.8, 4) is 0 Å². The van der Waals surface area contributed by atoms with Gasteiger partial charge < -0.3 is 11.1 Å². The van der Waals surface area contributed by atoms with E-state index in [2.05, 4.69) is 5.32 Å². The minimum Gasteiger partial charge on any atom is -0.392 e. The summed E-state index contributed by atoms with van der Waals surface area (Å²) in [6.07, 6.45) is 5.14. The van der Waals surface area contributed by atoms with E-state index in [0.717, 1.165) is 38.2 Å². The van der Waals surface area contributed by atoms with Crippen molar-refractivity contribution < 1.29 is 13.6 Å². The first-order valence-corrected chi connectivity index (χ1v) is 7.45. The van der Waals surface area contributed by atoms with E-state index in [1.165, 1.54) is 12.1 Å². The Morgan fingerprint density at radius 3 is 2.57 bits per heavy atom. The van der Waals surface area contributed by atoms with E-state index < -0.39 is 23.6 Å². The second-order valence-corrected chi connectivity index (χ2v) is 5.82. The fourth-order valence-electron chi connectivity index (χ4n) is 2.79. The van der Waals surface area contributed by atoms with Gasteiger partial charge in [-0.3, -0.25) is 4.79 Å². The SMILES string of the molecule is NC(=S)C(NC(=O)c1cccc(F)c1F)C1CCCCC1. The van der Waals surface area contributed by atoms with Gasteiger partial charge in [0.15, 0.2) is 11.6 Å². The Morgan fingerprint density at radius 2 is 1.95 bits per heavy atom. The van der Waals surface area contributed by atoms with Gasteiger partial charge in [0.25, 0.3) is 5.91 Å². The van der Waals surface area contributed by atoms with Crippen LogP contribution in [0.25, 0.3) is 0 Å². The van der Waals surface area contributed by atoms with Gasteiger partial charge in [0.05, 0.1) is 16.6 Å². The number of nitrogens with two attached hydrogens (primary N) is 1.